The highest BCUT2D eigenvalue weighted by Gasteiger charge is 2.52. The number of halogens is 1. The molecule has 2 aromatic heterocycles. The van der Waals surface area contributed by atoms with E-state index in [-0.39, 0.29) is 5.92 Å². The normalized spacial score (nSPS) is 18.2. The zero-order valence-corrected chi connectivity index (χ0v) is 28.4. The summed E-state index contributed by atoms with van der Waals surface area (Å²) in [7, 11) is -1.84. The Kier molecular flexibility index (Phi) is 9.26. The molecule has 0 spiro atoms. The van der Waals surface area contributed by atoms with Crippen LogP contribution in [-0.4, -0.2) is 50.5 Å². The van der Waals surface area contributed by atoms with Crippen LogP contribution in [0.5, 0.6) is 0 Å². The van der Waals surface area contributed by atoms with Gasteiger partial charge >= 0.3 is 13.2 Å². The maximum atomic E-state index is 13.0. The highest BCUT2D eigenvalue weighted by molar-refractivity contribution is 7.84. The molecule has 1 aliphatic heterocycles. The number of aromatic nitrogens is 1. The van der Waals surface area contributed by atoms with E-state index in [1.807, 2.05) is 60.6 Å². The van der Waals surface area contributed by atoms with Crippen LogP contribution in [0.3, 0.4) is 0 Å². The Balaban J connectivity index is 1.75. The number of pyridine rings is 1. The molecule has 4 rings (SSSR count). The number of thiophene rings is 1. The summed E-state index contributed by atoms with van der Waals surface area (Å²) in [5, 5.41) is 4.17. The second-order valence-corrected chi connectivity index (χ2v) is 17.0. The van der Waals surface area contributed by atoms with Gasteiger partial charge < -0.3 is 14.0 Å². The number of amides is 1. The first-order chi connectivity index (χ1) is 19.3. The van der Waals surface area contributed by atoms with Gasteiger partial charge in [0.25, 0.3) is 0 Å². The quantitative estimate of drug-likeness (QED) is 0.278. The summed E-state index contributed by atoms with van der Waals surface area (Å²) in [6, 6.07) is 11.5. The monoisotopic (exact) mass is 633 g/mol. The molecular weight excluding hydrogens is 593 g/mol. The maximum Gasteiger partial charge on any atom is 0.496 e. The number of ether oxygens (including phenoxy) is 1. The number of rotatable bonds is 7. The standard InChI is InChI=1S/C30H41BClN3O5S2/c1-27(2,3)38-26(36)35-23-15-14-21(32)24(34-23)19(17-33-42(37)28(4,5)6)22-16-18-12-11-13-20(25(18)41-22)31-39-29(7,8)30(9,10)40-31/h11-16,19,33H,17H2,1-10H3,(H,34,35,36). The SMILES string of the molecule is CC(C)(C)OC(=O)Nc1ccc(Cl)c(C(CNS(=O)C(C)(C)C)c2cc3cccc(B4OC(C)(C)C(C)(C)O4)c3s2)n1. The molecule has 2 unspecified atom stereocenters. The van der Waals surface area contributed by atoms with Crippen LogP contribution in [0, 0.1) is 0 Å². The first-order valence-corrected chi connectivity index (χ1v) is 16.3. The van der Waals surface area contributed by atoms with Crippen molar-refractivity contribution in [2.24, 2.45) is 0 Å². The van der Waals surface area contributed by atoms with Crippen LogP contribution < -0.4 is 15.5 Å². The second kappa shape index (κ2) is 11.8. The average Bonchev–Trinajstić information content (AvgIpc) is 3.36. The molecule has 1 aromatic carbocycles. The molecule has 0 radical (unpaired) electrons. The van der Waals surface area contributed by atoms with Crippen LogP contribution in [0.1, 0.15) is 85.7 Å². The van der Waals surface area contributed by atoms with Crippen molar-refractivity contribution in [3.63, 3.8) is 0 Å². The van der Waals surface area contributed by atoms with Gasteiger partial charge in [-0.3, -0.25) is 5.32 Å². The predicted octanol–water partition coefficient (Wildman–Crippen LogP) is 6.78. The number of carbonyl (C=O) groups is 1. The minimum atomic E-state index is -1.33. The molecule has 0 bridgehead atoms. The van der Waals surface area contributed by atoms with Gasteiger partial charge in [-0.25, -0.2) is 18.7 Å². The first kappa shape index (κ1) is 32.9. The molecule has 1 amide bonds. The smallest absolute Gasteiger partial charge is 0.444 e. The van der Waals surface area contributed by atoms with Gasteiger partial charge in [-0.15, -0.1) is 11.3 Å². The Hall–Kier alpha value is -2.02. The van der Waals surface area contributed by atoms with E-state index in [9.17, 15) is 9.00 Å². The van der Waals surface area contributed by atoms with Gasteiger partial charge in [0.1, 0.15) is 11.4 Å². The topological polar surface area (TPSA) is 98.8 Å². The van der Waals surface area contributed by atoms with E-state index in [2.05, 4.69) is 22.2 Å². The van der Waals surface area contributed by atoms with Crippen LogP contribution in [0.2, 0.25) is 5.02 Å². The largest absolute Gasteiger partial charge is 0.496 e. The number of fused-ring (bicyclic) bond motifs is 1. The lowest BCUT2D eigenvalue weighted by molar-refractivity contribution is 0.00578. The Bertz CT molecular complexity index is 1480. The summed E-state index contributed by atoms with van der Waals surface area (Å²) >= 11 is 8.34. The van der Waals surface area contributed by atoms with Crippen LogP contribution in [-0.2, 0) is 25.0 Å². The van der Waals surface area contributed by atoms with Crippen molar-refractivity contribution in [1.29, 1.82) is 0 Å². The number of anilines is 1. The highest BCUT2D eigenvalue weighted by atomic mass is 35.5. The van der Waals surface area contributed by atoms with Crippen LogP contribution >= 0.6 is 22.9 Å². The third kappa shape index (κ3) is 7.37. The van der Waals surface area contributed by atoms with Crippen LogP contribution in [0.25, 0.3) is 10.1 Å². The molecule has 2 atom stereocenters. The summed E-state index contributed by atoms with van der Waals surface area (Å²) < 4.78 is 35.0. The predicted molar refractivity (Wildman–Crippen MR) is 174 cm³/mol. The van der Waals surface area contributed by atoms with E-state index >= 15 is 0 Å². The Labute approximate surface area is 261 Å². The van der Waals surface area contributed by atoms with Gasteiger partial charge in [-0.1, -0.05) is 29.8 Å². The molecule has 0 saturated carbocycles. The molecule has 2 N–H and O–H groups in total. The summed E-state index contributed by atoms with van der Waals surface area (Å²) in [5.74, 6) is -0.0580. The molecule has 1 fully saturated rings. The summed E-state index contributed by atoms with van der Waals surface area (Å²) in [4.78, 5) is 18.2. The molecular formula is C30H41BClN3O5S2. The molecule has 228 valence electrons. The number of benzene rings is 1. The van der Waals surface area contributed by atoms with Crippen molar-refractivity contribution in [2.75, 3.05) is 11.9 Å². The number of carbonyl (C=O) groups excluding carboxylic acids is 1. The summed E-state index contributed by atoms with van der Waals surface area (Å²) in [6.45, 7) is 19.6. The van der Waals surface area contributed by atoms with E-state index in [0.717, 1.165) is 20.4 Å². The van der Waals surface area contributed by atoms with Crippen molar-refractivity contribution in [3.05, 3.63) is 52.0 Å². The van der Waals surface area contributed by atoms with E-state index in [1.165, 1.54) is 0 Å². The molecule has 3 heterocycles. The molecule has 42 heavy (non-hydrogen) atoms. The zero-order valence-electron chi connectivity index (χ0n) is 26.0. The maximum absolute atomic E-state index is 13.0. The van der Waals surface area contributed by atoms with Gasteiger partial charge in [-0.05, 0) is 92.8 Å². The summed E-state index contributed by atoms with van der Waals surface area (Å²) in [5.41, 5.74) is -0.0984. The number of nitrogens with one attached hydrogen (secondary N) is 2. The fourth-order valence-corrected chi connectivity index (χ4v) is 6.59. The van der Waals surface area contributed by atoms with Crippen molar-refractivity contribution < 1.29 is 23.0 Å². The van der Waals surface area contributed by atoms with Gasteiger partial charge in [0.15, 0.2) is 0 Å². The Morgan fingerprint density at radius 2 is 1.74 bits per heavy atom. The third-order valence-electron chi connectivity index (χ3n) is 7.25. The molecule has 0 aliphatic carbocycles. The number of nitrogens with zero attached hydrogens (tertiary/aromatic N) is 1. The minimum absolute atomic E-state index is 0.310. The fraction of sp³-hybridized carbons (Fsp3) is 0.533. The van der Waals surface area contributed by atoms with Crippen molar-refractivity contribution >= 4 is 68.5 Å². The van der Waals surface area contributed by atoms with E-state index < -0.39 is 45.7 Å². The van der Waals surface area contributed by atoms with E-state index in [1.54, 1.807) is 44.2 Å². The number of hydrogen-bond acceptors (Lipinski definition) is 7. The minimum Gasteiger partial charge on any atom is -0.444 e. The van der Waals surface area contributed by atoms with Crippen molar-refractivity contribution in [2.45, 2.75) is 96.7 Å². The number of hydrogen-bond donors (Lipinski definition) is 2. The second-order valence-electron chi connectivity index (χ2n) is 13.5. The lowest BCUT2D eigenvalue weighted by Gasteiger charge is -2.32. The van der Waals surface area contributed by atoms with Crippen molar-refractivity contribution in [3.8, 4) is 0 Å². The average molecular weight is 634 g/mol. The fourth-order valence-electron chi connectivity index (χ4n) is 4.32. The molecule has 8 nitrogen and oxygen atoms in total. The molecule has 1 saturated heterocycles. The molecule has 12 heteroatoms. The molecule has 1 aliphatic rings. The third-order valence-corrected chi connectivity index (χ3v) is 10.4. The van der Waals surface area contributed by atoms with Crippen LogP contribution in [0.4, 0.5) is 10.6 Å². The highest BCUT2D eigenvalue weighted by Crippen LogP contribution is 2.40. The van der Waals surface area contributed by atoms with Gasteiger partial charge in [-0.2, -0.15) is 0 Å². The van der Waals surface area contributed by atoms with Gasteiger partial charge in [0, 0.05) is 21.6 Å². The molecule has 3 aromatic rings. The Morgan fingerprint density at radius 3 is 2.33 bits per heavy atom. The summed E-state index contributed by atoms with van der Waals surface area (Å²) in [6.07, 6.45) is -0.610. The van der Waals surface area contributed by atoms with Crippen LogP contribution in [0.15, 0.2) is 36.4 Å². The van der Waals surface area contributed by atoms with Gasteiger partial charge in [0.2, 0.25) is 0 Å². The van der Waals surface area contributed by atoms with E-state index in [4.69, 9.17) is 30.6 Å². The first-order valence-electron chi connectivity index (χ1n) is 14.0. The van der Waals surface area contributed by atoms with Crippen molar-refractivity contribution in [1.82, 2.24) is 9.71 Å². The van der Waals surface area contributed by atoms with Gasteiger partial charge in [0.05, 0.1) is 43.6 Å². The van der Waals surface area contributed by atoms with E-state index in [0.29, 0.717) is 23.1 Å². The zero-order chi connectivity index (χ0) is 31.3. The lowest BCUT2D eigenvalue weighted by atomic mass is 9.78. The Morgan fingerprint density at radius 1 is 1.10 bits per heavy atom. The lowest BCUT2D eigenvalue weighted by Crippen LogP contribution is -2.41.